The first-order valence-corrected chi connectivity index (χ1v) is 19.3. The molecule has 260 valence electrons. The number of sulfonamides is 1. The molecule has 1 aromatic heterocycles. The summed E-state index contributed by atoms with van der Waals surface area (Å²) in [6.45, 7) is 6.83. The van der Waals surface area contributed by atoms with Gasteiger partial charge in [-0.05, 0) is 93.8 Å². The van der Waals surface area contributed by atoms with Gasteiger partial charge in [0.05, 0.1) is 29.4 Å². The molecule has 4 unspecified atom stereocenters. The minimum atomic E-state index is -3.77. The number of carbonyl (C=O) groups excluding carboxylic acids is 3. The van der Waals surface area contributed by atoms with Crippen LogP contribution in [0.1, 0.15) is 99.0 Å². The van der Waals surface area contributed by atoms with Crippen molar-refractivity contribution in [1.82, 2.24) is 19.1 Å². The Kier molecular flexibility index (Phi) is 7.20. The molecule has 0 spiro atoms. The highest BCUT2D eigenvalue weighted by Gasteiger charge is 2.65. The second kappa shape index (κ2) is 11.0. The Morgan fingerprint density at radius 1 is 0.980 bits per heavy atom. The summed E-state index contributed by atoms with van der Waals surface area (Å²) in [6, 6.07) is 10.7. The number of rotatable bonds is 4. The van der Waals surface area contributed by atoms with Crippen molar-refractivity contribution in [3.63, 3.8) is 0 Å². The van der Waals surface area contributed by atoms with Gasteiger partial charge >= 0.3 is 6.09 Å². The lowest BCUT2D eigenvalue weighted by Crippen LogP contribution is -2.53. The molecule has 12 heteroatoms. The molecule has 4 atom stereocenters. The molecule has 11 nitrogen and oxygen atoms in total. The number of nitrogens with one attached hydrogen (secondary N) is 1. The van der Waals surface area contributed by atoms with Gasteiger partial charge in [-0.3, -0.25) is 9.59 Å². The van der Waals surface area contributed by atoms with Gasteiger partial charge in [-0.1, -0.05) is 25.3 Å². The van der Waals surface area contributed by atoms with Crippen LogP contribution in [0.3, 0.4) is 0 Å². The fraction of sp³-hybridized carbons (Fsp3) is 0.541. The van der Waals surface area contributed by atoms with E-state index < -0.39 is 26.9 Å². The van der Waals surface area contributed by atoms with Crippen molar-refractivity contribution >= 4 is 38.8 Å². The van der Waals surface area contributed by atoms with Gasteiger partial charge in [0.2, 0.25) is 15.9 Å². The summed E-state index contributed by atoms with van der Waals surface area (Å²) in [5.41, 5.74) is 3.84. The van der Waals surface area contributed by atoms with E-state index in [0.29, 0.717) is 38.4 Å². The Morgan fingerprint density at radius 3 is 2.37 bits per heavy atom. The molecule has 2 aliphatic carbocycles. The summed E-state index contributed by atoms with van der Waals surface area (Å²) in [6.07, 6.45) is 7.46. The maximum absolute atomic E-state index is 14.9. The zero-order valence-electron chi connectivity index (χ0n) is 28.5. The monoisotopic (exact) mass is 688 g/mol. The van der Waals surface area contributed by atoms with E-state index in [-0.39, 0.29) is 41.3 Å². The summed E-state index contributed by atoms with van der Waals surface area (Å²) in [5, 5.41) is 11.8. The van der Waals surface area contributed by atoms with Crippen molar-refractivity contribution in [3.8, 4) is 17.0 Å². The van der Waals surface area contributed by atoms with Gasteiger partial charge in [0.25, 0.3) is 5.91 Å². The van der Waals surface area contributed by atoms with Crippen molar-refractivity contribution in [2.24, 2.45) is 5.41 Å². The molecule has 4 fully saturated rings. The van der Waals surface area contributed by atoms with Gasteiger partial charge < -0.3 is 24.2 Å². The fourth-order valence-corrected chi connectivity index (χ4v) is 9.73. The quantitative estimate of drug-likeness (QED) is 0.372. The molecule has 2 saturated heterocycles. The molecule has 2 bridgehead atoms. The van der Waals surface area contributed by atoms with E-state index in [1.54, 1.807) is 23.1 Å². The molecule has 3 amide bonds. The molecule has 8 rings (SSSR count). The van der Waals surface area contributed by atoms with Crippen molar-refractivity contribution in [3.05, 3.63) is 53.1 Å². The Morgan fingerprint density at radius 2 is 1.69 bits per heavy atom. The predicted molar refractivity (Wildman–Crippen MR) is 184 cm³/mol. The number of nitrogens with zero attached hydrogens (tertiary/aromatic N) is 3. The van der Waals surface area contributed by atoms with E-state index in [1.807, 2.05) is 43.9 Å². The number of phenolic OH excluding ortho intramolecular Hbond substituents is 1. The minimum Gasteiger partial charge on any atom is -0.508 e. The van der Waals surface area contributed by atoms with Gasteiger partial charge in [0, 0.05) is 47.6 Å². The molecule has 2 N–H and O–H groups in total. The van der Waals surface area contributed by atoms with Crippen LogP contribution in [-0.4, -0.2) is 82.8 Å². The fourth-order valence-electron chi connectivity index (χ4n) is 9.28. The third kappa shape index (κ3) is 5.37. The number of amides is 3. The first-order chi connectivity index (χ1) is 23.1. The first-order valence-electron chi connectivity index (χ1n) is 17.5. The number of piperazine rings is 1. The lowest BCUT2D eigenvalue weighted by Gasteiger charge is -2.37. The third-order valence-electron chi connectivity index (χ3n) is 11.4. The van der Waals surface area contributed by atoms with Crippen LogP contribution in [0.4, 0.5) is 4.79 Å². The summed E-state index contributed by atoms with van der Waals surface area (Å²) >= 11 is 0. The van der Waals surface area contributed by atoms with E-state index in [0.717, 1.165) is 59.7 Å². The third-order valence-corrected chi connectivity index (χ3v) is 12.0. The average Bonchev–Trinajstić information content (AvgIpc) is 3.27. The summed E-state index contributed by atoms with van der Waals surface area (Å²) in [5.74, 6) is -0.296. The number of ether oxygens (including phenoxy) is 1. The average molecular weight is 689 g/mol. The highest BCUT2D eigenvalue weighted by molar-refractivity contribution is 7.89. The van der Waals surface area contributed by atoms with Crippen molar-refractivity contribution in [2.75, 3.05) is 19.3 Å². The molecular formula is C37H44N4O7S. The Bertz CT molecular complexity index is 2030. The first kappa shape index (κ1) is 32.2. The molecule has 2 saturated carbocycles. The zero-order valence-corrected chi connectivity index (χ0v) is 29.3. The molecule has 4 heterocycles. The van der Waals surface area contributed by atoms with Crippen molar-refractivity contribution in [1.29, 1.82) is 0 Å². The van der Waals surface area contributed by atoms with Crippen LogP contribution in [0.15, 0.2) is 36.4 Å². The van der Waals surface area contributed by atoms with Gasteiger partial charge in [0.15, 0.2) is 0 Å². The van der Waals surface area contributed by atoms with Crippen LogP contribution in [0, 0.1) is 5.41 Å². The van der Waals surface area contributed by atoms with Crippen molar-refractivity contribution in [2.45, 2.75) is 102 Å². The molecule has 0 radical (unpaired) electrons. The predicted octanol–water partition coefficient (Wildman–Crippen LogP) is 5.46. The lowest BCUT2D eigenvalue weighted by molar-refractivity contribution is -0.140. The van der Waals surface area contributed by atoms with Crippen LogP contribution in [-0.2, 0) is 26.1 Å². The SMILES string of the molecule is CC(C)(C)OC(=O)N1CC2CC1CN2C(=O)C12CC1c1cc(O)ccc1-c1c(C3CCCCC3)c3ccc(C(=O)NS(C)(=O)=O)cc3n1C2. The Labute approximate surface area is 286 Å². The lowest BCUT2D eigenvalue weighted by atomic mass is 9.81. The molecule has 5 aliphatic rings. The Hall–Kier alpha value is -4.06. The van der Waals surface area contributed by atoms with Crippen LogP contribution < -0.4 is 4.72 Å². The minimum absolute atomic E-state index is 0.0584. The maximum Gasteiger partial charge on any atom is 0.410 e. The number of fused-ring (bicyclic) bond motifs is 9. The highest BCUT2D eigenvalue weighted by atomic mass is 32.2. The van der Waals surface area contributed by atoms with Crippen molar-refractivity contribution < 1.29 is 32.6 Å². The molecule has 3 aliphatic heterocycles. The van der Waals surface area contributed by atoms with Gasteiger partial charge in [0.1, 0.15) is 11.4 Å². The van der Waals surface area contributed by atoms with E-state index in [1.165, 1.54) is 12.0 Å². The highest BCUT2D eigenvalue weighted by Crippen LogP contribution is 2.66. The number of likely N-dealkylation sites (tertiary alicyclic amines) is 2. The largest absolute Gasteiger partial charge is 0.508 e. The maximum atomic E-state index is 14.9. The smallest absolute Gasteiger partial charge is 0.410 e. The standard InChI is InChI=1S/C37H44N4O7S/c1-36(2,3)48-35(45)40-19-23-15-24(40)18-39(23)34(44)37-17-29(37)28-16-25(42)11-13-26(28)32-31(21-8-6-5-7-9-21)27-12-10-22(14-30(27)41(32)20-37)33(43)38-49(4,46)47/h10-14,16,21,23-24,29,42H,5-9,15,17-20H2,1-4H3,(H,38,43). The molecule has 2 aromatic carbocycles. The summed E-state index contributed by atoms with van der Waals surface area (Å²) in [7, 11) is -3.77. The number of phenols is 1. The van der Waals surface area contributed by atoms with Gasteiger partial charge in [-0.15, -0.1) is 0 Å². The molecule has 3 aromatic rings. The van der Waals surface area contributed by atoms with Crippen LogP contribution in [0.5, 0.6) is 5.75 Å². The number of hydrogen-bond donors (Lipinski definition) is 2. The second-order valence-electron chi connectivity index (χ2n) is 15.9. The topological polar surface area (TPSA) is 138 Å². The van der Waals surface area contributed by atoms with E-state index >= 15 is 0 Å². The number of aromatic hydroxyl groups is 1. The molecule has 49 heavy (non-hydrogen) atoms. The zero-order chi connectivity index (χ0) is 34.6. The summed E-state index contributed by atoms with van der Waals surface area (Å²) < 4.78 is 33.9. The number of benzene rings is 2. The molecular weight excluding hydrogens is 644 g/mol. The normalized spacial score (nSPS) is 26.2. The van der Waals surface area contributed by atoms with Gasteiger partial charge in [-0.2, -0.15) is 0 Å². The number of aromatic nitrogens is 1. The number of hydrogen-bond acceptors (Lipinski definition) is 7. The second-order valence-corrected chi connectivity index (χ2v) is 17.7. The van der Waals surface area contributed by atoms with Crippen LogP contribution in [0.2, 0.25) is 0 Å². The van der Waals surface area contributed by atoms with Crippen LogP contribution in [0.25, 0.3) is 22.2 Å². The summed E-state index contributed by atoms with van der Waals surface area (Å²) in [4.78, 5) is 44.7. The van der Waals surface area contributed by atoms with Gasteiger partial charge in [-0.25, -0.2) is 17.9 Å². The van der Waals surface area contributed by atoms with E-state index in [9.17, 15) is 27.9 Å². The Balaban J connectivity index is 1.23. The van der Waals surface area contributed by atoms with E-state index in [4.69, 9.17) is 4.74 Å². The van der Waals surface area contributed by atoms with Crippen LogP contribution >= 0.6 is 0 Å². The van der Waals surface area contributed by atoms with E-state index in [2.05, 4.69) is 9.29 Å². The number of carbonyl (C=O) groups is 3.